The second-order valence-corrected chi connectivity index (χ2v) is 6.19. The molecule has 124 valence electrons. The van der Waals surface area contributed by atoms with Crippen molar-refractivity contribution in [3.05, 3.63) is 43.0 Å². The number of hydrogen-bond acceptors (Lipinski definition) is 5. The molecule has 1 aromatic carbocycles. The fourth-order valence-electron chi connectivity index (χ4n) is 1.85. The summed E-state index contributed by atoms with van der Waals surface area (Å²) in [6.07, 6.45) is 3.61. The summed E-state index contributed by atoms with van der Waals surface area (Å²) in [6, 6.07) is 7.27. The average molecular weight is 318 g/mol. The Kier molecular flexibility index (Phi) is 5.26. The molecule has 0 saturated heterocycles. The zero-order chi connectivity index (χ0) is 16.9. The zero-order valence-corrected chi connectivity index (χ0v) is 13.9. The SMILES string of the molecule is COc1ccc(OC[C@H](OC(=O)n2ccnc2)C(C)(C)C)cc1. The van der Waals surface area contributed by atoms with E-state index < -0.39 is 12.2 Å². The number of methoxy groups -OCH3 is 1. The van der Waals surface area contributed by atoms with Gasteiger partial charge in [0.1, 0.15) is 30.5 Å². The van der Waals surface area contributed by atoms with Crippen LogP contribution in [-0.4, -0.2) is 35.5 Å². The molecule has 1 heterocycles. The smallest absolute Gasteiger partial charge is 0.419 e. The third-order valence-corrected chi connectivity index (χ3v) is 3.39. The highest BCUT2D eigenvalue weighted by atomic mass is 16.6. The predicted molar refractivity (Wildman–Crippen MR) is 85.8 cm³/mol. The fourth-order valence-corrected chi connectivity index (χ4v) is 1.85. The molecule has 2 rings (SSSR count). The highest BCUT2D eigenvalue weighted by Crippen LogP contribution is 2.25. The Hall–Kier alpha value is -2.50. The van der Waals surface area contributed by atoms with Gasteiger partial charge in [0.15, 0.2) is 0 Å². The quantitative estimate of drug-likeness (QED) is 0.846. The van der Waals surface area contributed by atoms with E-state index in [1.165, 1.54) is 17.1 Å². The van der Waals surface area contributed by atoms with Crippen LogP contribution in [0.15, 0.2) is 43.0 Å². The Morgan fingerprint density at radius 1 is 1.22 bits per heavy atom. The van der Waals surface area contributed by atoms with Crippen LogP contribution in [0.25, 0.3) is 0 Å². The number of rotatable bonds is 5. The van der Waals surface area contributed by atoms with Crippen LogP contribution in [0.4, 0.5) is 4.79 Å². The van der Waals surface area contributed by atoms with Crippen LogP contribution >= 0.6 is 0 Å². The fraction of sp³-hybridized carbons (Fsp3) is 0.412. The number of imidazole rings is 1. The summed E-state index contributed by atoms with van der Waals surface area (Å²) in [6.45, 7) is 6.25. The summed E-state index contributed by atoms with van der Waals surface area (Å²) in [5.74, 6) is 1.45. The predicted octanol–water partition coefficient (Wildman–Crippen LogP) is 3.37. The molecule has 0 fully saturated rings. The third kappa shape index (κ3) is 4.74. The molecule has 0 radical (unpaired) electrons. The molecular formula is C17H22N2O4. The van der Waals surface area contributed by atoms with E-state index in [4.69, 9.17) is 14.2 Å². The lowest BCUT2D eigenvalue weighted by molar-refractivity contribution is 0.00209. The molecule has 0 spiro atoms. The lowest BCUT2D eigenvalue weighted by Gasteiger charge is -2.30. The van der Waals surface area contributed by atoms with Crippen molar-refractivity contribution < 1.29 is 19.0 Å². The van der Waals surface area contributed by atoms with Gasteiger partial charge in [-0.3, -0.25) is 0 Å². The van der Waals surface area contributed by atoms with Crippen LogP contribution < -0.4 is 9.47 Å². The zero-order valence-electron chi connectivity index (χ0n) is 13.9. The van der Waals surface area contributed by atoms with Crippen molar-refractivity contribution in [1.82, 2.24) is 9.55 Å². The minimum Gasteiger partial charge on any atom is -0.497 e. The number of benzene rings is 1. The molecule has 2 aromatic rings. The highest BCUT2D eigenvalue weighted by Gasteiger charge is 2.29. The van der Waals surface area contributed by atoms with E-state index in [1.807, 2.05) is 45.0 Å². The first-order valence-corrected chi connectivity index (χ1v) is 7.36. The van der Waals surface area contributed by atoms with Gasteiger partial charge in [0.05, 0.1) is 7.11 Å². The molecule has 1 aromatic heterocycles. The summed E-state index contributed by atoms with van der Waals surface area (Å²) in [4.78, 5) is 15.9. The van der Waals surface area contributed by atoms with E-state index in [9.17, 15) is 4.79 Å². The maximum atomic E-state index is 12.1. The van der Waals surface area contributed by atoms with Crippen LogP contribution in [-0.2, 0) is 4.74 Å². The number of carbonyl (C=O) groups is 1. The summed E-state index contributed by atoms with van der Waals surface area (Å²) in [7, 11) is 1.61. The molecule has 0 bridgehead atoms. The van der Waals surface area contributed by atoms with Crippen molar-refractivity contribution in [2.45, 2.75) is 26.9 Å². The van der Waals surface area contributed by atoms with E-state index in [0.717, 1.165) is 5.75 Å². The maximum absolute atomic E-state index is 12.1. The topological polar surface area (TPSA) is 62.6 Å². The standard InChI is InChI=1S/C17H22N2O4/c1-17(2,3)15(23-16(20)19-10-9-18-12-19)11-22-14-7-5-13(21-4)6-8-14/h5-10,12,15H,11H2,1-4H3/t15-/m0/s1. The van der Waals surface area contributed by atoms with Crippen molar-refractivity contribution in [1.29, 1.82) is 0 Å². The molecule has 0 aliphatic heterocycles. The van der Waals surface area contributed by atoms with Gasteiger partial charge in [0.2, 0.25) is 0 Å². The van der Waals surface area contributed by atoms with Crippen LogP contribution in [0.5, 0.6) is 11.5 Å². The molecule has 23 heavy (non-hydrogen) atoms. The first-order chi connectivity index (χ1) is 10.9. The number of carbonyl (C=O) groups excluding carboxylic acids is 1. The number of aromatic nitrogens is 2. The van der Waals surface area contributed by atoms with Crippen LogP contribution in [0.3, 0.4) is 0 Å². The van der Waals surface area contributed by atoms with Gasteiger partial charge in [0.25, 0.3) is 0 Å². The Morgan fingerprint density at radius 3 is 2.39 bits per heavy atom. The summed E-state index contributed by atoms with van der Waals surface area (Å²) in [5, 5.41) is 0. The van der Waals surface area contributed by atoms with Gasteiger partial charge in [0, 0.05) is 17.8 Å². The molecule has 0 saturated carbocycles. The van der Waals surface area contributed by atoms with Gasteiger partial charge in [-0.2, -0.15) is 0 Å². The number of hydrogen-bond donors (Lipinski definition) is 0. The molecular weight excluding hydrogens is 296 g/mol. The second-order valence-electron chi connectivity index (χ2n) is 6.19. The first kappa shape index (κ1) is 16.9. The number of ether oxygens (including phenoxy) is 3. The molecule has 0 aliphatic carbocycles. The monoisotopic (exact) mass is 318 g/mol. The van der Waals surface area contributed by atoms with Crippen molar-refractivity contribution in [2.24, 2.45) is 5.41 Å². The Balaban J connectivity index is 1.99. The van der Waals surface area contributed by atoms with Crippen LogP contribution in [0.2, 0.25) is 0 Å². The minimum absolute atomic E-state index is 0.260. The molecule has 1 atom stereocenters. The van der Waals surface area contributed by atoms with Gasteiger partial charge in [-0.25, -0.2) is 14.3 Å². The Morgan fingerprint density at radius 2 is 1.87 bits per heavy atom. The normalized spacial score (nSPS) is 12.5. The van der Waals surface area contributed by atoms with Crippen LogP contribution in [0.1, 0.15) is 20.8 Å². The van der Waals surface area contributed by atoms with Gasteiger partial charge in [-0.15, -0.1) is 0 Å². The van der Waals surface area contributed by atoms with Crippen molar-refractivity contribution >= 4 is 6.09 Å². The van der Waals surface area contributed by atoms with Gasteiger partial charge < -0.3 is 14.2 Å². The van der Waals surface area contributed by atoms with Gasteiger partial charge in [-0.05, 0) is 24.3 Å². The number of nitrogens with zero attached hydrogens (tertiary/aromatic N) is 2. The molecule has 0 aliphatic rings. The third-order valence-electron chi connectivity index (χ3n) is 3.39. The Labute approximate surface area is 136 Å². The molecule has 0 N–H and O–H groups in total. The van der Waals surface area contributed by atoms with Crippen molar-refractivity contribution in [3.8, 4) is 11.5 Å². The van der Waals surface area contributed by atoms with E-state index >= 15 is 0 Å². The minimum atomic E-state index is -0.472. The van der Waals surface area contributed by atoms with E-state index in [-0.39, 0.29) is 12.0 Å². The molecule has 6 nitrogen and oxygen atoms in total. The van der Waals surface area contributed by atoms with Gasteiger partial charge >= 0.3 is 6.09 Å². The van der Waals surface area contributed by atoms with Crippen molar-refractivity contribution in [3.63, 3.8) is 0 Å². The summed E-state index contributed by atoms with van der Waals surface area (Å²) < 4.78 is 17.7. The summed E-state index contributed by atoms with van der Waals surface area (Å²) in [5.41, 5.74) is -0.261. The van der Waals surface area contributed by atoms with Crippen molar-refractivity contribution in [2.75, 3.05) is 13.7 Å². The second kappa shape index (κ2) is 7.17. The van der Waals surface area contributed by atoms with E-state index in [2.05, 4.69) is 4.98 Å². The van der Waals surface area contributed by atoms with Crippen LogP contribution in [0, 0.1) is 5.41 Å². The van der Waals surface area contributed by atoms with E-state index in [1.54, 1.807) is 13.3 Å². The summed E-state index contributed by atoms with van der Waals surface area (Å²) >= 11 is 0. The lowest BCUT2D eigenvalue weighted by atomic mass is 9.89. The van der Waals surface area contributed by atoms with Gasteiger partial charge in [-0.1, -0.05) is 20.8 Å². The molecule has 0 amide bonds. The highest BCUT2D eigenvalue weighted by molar-refractivity contribution is 5.70. The maximum Gasteiger partial charge on any atom is 0.419 e. The molecule has 0 unspecified atom stereocenters. The average Bonchev–Trinajstić information content (AvgIpc) is 3.05. The largest absolute Gasteiger partial charge is 0.497 e. The molecule has 6 heteroatoms. The van der Waals surface area contributed by atoms with E-state index in [0.29, 0.717) is 5.75 Å². The first-order valence-electron chi connectivity index (χ1n) is 7.36. The Bertz CT molecular complexity index is 615. The lowest BCUT2D eigenvalue weighted by Crippen LogP contribution is -2.37.